The number of hydrogen-bond donors (Lipinski definition) is 1. The molecule has 0 saturated carbocycles. The molecule has 3 nitrogen and oxygen atoms in total. The zero-order valence-electron chi connectivity index (χ0n) is 5.58. The Morgan fingerprint density at radius 1 is 1.70 bits per heavy atom. The van der Waals surface area contributed by atoms with Crippen molar-refractivity contribution in [3.05, 3.63) is 0 Å². The number of carboxylic acids is 1. The Morgan fingerprint density at radius 3 is 2.80 bits per heavy atom. The number of ether oxygens (including phenoxy) is 1. The summed E-state index contributed by atoms with van der Waals surface area (Å²) in [5, 5.41) is 8.29. The molecular weight excluding hydrogens is 156 g/mol. The second kappa shape index (κ2) is 4.52. The third kappa shape index (κ3) is 3.03. The van der Waals surface area contributed by atoms with E-state index in [0.717, 1.165) is 19.4 Å². The number of aliphatic carboxylic acids is 1. The first-order chi connectivity index (χ1) is 4.29. The number of carbonyl (C=O) groups is 1. The van der Waals surface area contributed by atoms with Crippen LogP contribution in [0.5, 0.6) is 0 Å². The third-order valence-corrected chi connectivity index (χ3v) is 1.43. The first-order valence-corrected chi connectivity index (χ1v) is 3.12. The number of hydrogen-bond acceptors (Lipinski definition) is 2. The Labute approximate surface area is 65.8 Å². The second-order valence-electron chi connectivity index (χ2n) is 2.23. The molecule has 0 amide bonds. The number of carboxylic acid groups (broad SMARTS) is 1. The molecule has 1 aliphatic heterocycles. The number of halogens is 1. The normalized spacial score (nSPS) is 23.8. The van der Waals surface area contributed by atoms with Crippen LogP contribution in [0.25, 0.3) is 0 Å². The van der Waals surface area contributed by atoms with Crippen LogP contribution in [-0.4, -0.2) is 23.8 Å². The zero-order chi connectivity index (χ0) is 6.69. The maximum Gasteiger partial charge on any atom is 0.305 e. The lowest BCUT2D eigenvalue weighted by atomic mass is 10.2. The first kappa shape index (κ1) is 9.72. The van der Waals surface area contributed by atoms with E-state index in [1.165, 1.54) is 0 Å². The van der Waals surface area contributed by atoms with Crippen molar-refractivity contribution in [3.63, 3.8) is 0 Å². The maximum atomic E-state index is 10.1. The zero-order valence-corrected chi connectivity index (χ0v) is 6.39. The Morgan fingerprint density at radius 2 is 2.40 bits per heavy atom. The molecular formula is C6H11ClO3. The van der Waals surface area contributed by atoms with Gasteiger partial charge in [0.05, 0.1) is 12.5 Å². The summed E-state index contributed by atoms with van der Waals surface area (Å²) in [4.78, 5) is 10.1. The third-order valence-electron chi connectivity index (χ3n) is 1.43. The van der Waals surface area contributed by atoms with Gasteiger partial charge in [-0.15, -0.1) is 12.4 Å². The summed E-state index contributed by atoms with van der Waals surface area (Å²) < 4.78 is 5.08. The fourth-order valence-corrected chi connectivity index (χ4v) is 1.00. The maximum absolute atomic E-state index is 10.1. The largest absolute Gasteiger partial charge is 0.481 e. The average Bonchev–Trinajstić information content (AvgIpc) is 2.15. The van der Waals surface area contributed by atoms with Gasteiger partial charge in [-0.1, -0.05) is 0 Å². The van der Waals surface area contributed by atoms with Gasteiger partial charge in [0.2, 0.25) is 0 Å². The fraction of sp³-hybridized carbons (Fsp3) is 0.833. The molecule has 0 spiro atoms. The highest BCUT2D eigenvalue weighted by Gasteiger charge is 2.17. The van der Waals surface area contributed by atoms with Crippen molar-refractivity contribution < 1.29 is 14.6 Å². The van der Waals surface area contributed by atoms with Gasteiger partial charge in [-0.3, -0.25) is 4.79 Å². The molecule has 1 heterocycles. The molecule has 0 radical (unpaired) electrons. The molecule has 4 heteroatoms. The Kier molecular flexibility index (Phi) is 4.40. The molecule has 1 rings (SSSR count). The molecule has 1 saturated heterocycles. The lowest BCUT2D eigenvalue weighted by Crippen LogP contribution is -2.10. The van der Waals surface area contributed by atoms with Gasteiger partial charge < -0.3 is 9.84 Å². The van der Waals surface area contributed by atoms with Gasteiger partial charge in [0.25, 0.3) is 0 Å². The predicted octanol–water partition coefficient (Wildman–Crippen LogP) is 1.06. The van der Waals surface area contributed by atoms with Crippen molar-refractivity contribution in [1.29, 1.82) is 0 Å². The van der Waals surface area contributed by atoms with Crippen LogP contribution in [-0.2, 0) is 9.53 Å². The minimum Gasteiger partial charge on any atom is -0.481 e. The summed E-state index contributed by atoms with van der Waals surface area (Å²) in [5.74, 6) is -0.762. The Balaban J connectivity index is 0.000000810. The van der Waals surface area contributed by atoms with Crippen molar-refractivity contribution in [1.82, 2.24) is 0 Å². The van der Waals surface area contributed by atoms with E-state index < -0.39 is 5.97 Å². The highest BCUT2D eigenvalue weighted by atomic mass is 35.5. The molecule has 0 aromatic carbocycles. The molecule has 1 atom stereocenters. The summed E-state index contributed by atoms with van der Waals surface area (Å²) in [5.41, 5.74) is 0. The van der Waals surface area contributed by atoms with Gasteiger partial charge in [0, 0.05) is 6.61 Å². The van der Waals surface area contributed by atoms with Crippen molar-refractivity contribution in [2.75, 3.05) is 6.61 Å². The van der Waals surface area contributed by atoms with E-state index in [4.69, 9.17) is 9.84 Å². The van der Waals surface area contributed by atoms with Gasteiger partial charge in [-0.2, -0.15) is 0 Å². The van der Waals surface area contributed by atoms with E-state index >= 15 is 0 Å². The van der Waals surface area contributed by atoms with E-state index in [0.29, 0.717) is 0 Å². The average molecular weight is 167 g/mol. The van der Waals surface area contributed by atoms with E-state index in [1.54, 1.807) is 0 Å². The monoisotopic (exact) mass is 166 g/mol. The van der Waals surface area contributed by atoms with Crippen LogP contribution in [0.4, 0.5) is 0 Å². The smallest absolute Gasteiger partial charge is 0.305 e. The summed E-state index contributed by atoms with van der Waals surface area (Å²) in [6, 6.07) is 0. The first-order valence-electron chi connectivity index (χ1n) is 3.12. The van der Waals surface area contributed by atoms with Gasteiger partial charge in [0.1, 0.15) is 0 Å². The fourth-order valence-electron chi connectivity index (χ4n) is 1.00. The topological polar surface area (TPSA) is 46.5 Å². The molecule has 0 aliphatic carbocycles. The molecule has 1 unspecified atom stereocenters. The molecule has 10 heavy (non-hydrogen) atoms. The molecule has 1 fully saturated rings. The summed E-state index contributed by atoms with van der Waals surface area (Å²) in [6.45, 7) is 0.734. The standard InChI is InChI=1S/C6H10O3.ClH/c7-6(8)4-5-2-1-3-9-5;/h5H,1-4H2,(H,7,8);1H. The minimum absolute atomic E-state index is 0. The highest BCUT2D eigenvalue weighted by molar-refractivity contribution is 5.85. The van der Waals surface area contributed by atoms with E-state index in [1.807, 2.05) is 0 Å². The van der Waals surface area contributed by atoms with Crippen molar-refractivity contribution >= 4 is 18.4 Å². The Bertz CT molecular complexity index is 110. The van der Waals surface area contributed by atoms with Crippen LogP contribution in [0.1, 0.15) is 19.3 Å². The SMILES string of the molecule is Cl.O=C(O)CC1CCCO1. The summed E-state index contributed by atoms with van der Waals surface area (Å²) >= 11 is 0. The predicted molar refractivity (Wildman–Crippen MR) is 38.5 cm³/mol. The second-order valence-corrected chi connectivity index (χ2v) is 2.23. The summed E-state index contributed by atoms with van der Waals surface area (Å²) in [6.07, 6.45) is 2.08. The van der Waals surface area contributed by atoms with Crippen LogP contribution in [0.2, 0.25) is 0 Å². The van der Waals surface area contributed by atoms with Gasteiger partial charge >= 0.3 is 5.97 Å². The van der Waals surface area contributed by atoms with Crippen LogP contribution >= 0.6 is 12.4 Å². The van der Waals surface area contributed by atoms with Crippen LogP contribution in [0.15, 0.2) is 0 Å². The lowest BCUT2D eigenvalue weighted by molar-refractivity contribution is -0.139. The van der Waals surface area contributed by atoms with Crippen LogP contribution in [0.3, 0.4) is 0 Å². The quantitative estimate of drug-likeness (QED) is 0.668. The van der Waals surface area contributed by atoms with Gasteiger partial charge in [0.15, 0.2) is 0 Å². The molecule has 1 N–H and O–H groups in total. The molecule has 0 aromatic rings. The van der Waals surface area contributed by atoms with E-state index in [9.17, 15) is 4.79 Å². The van der Waals surface area contributed by atoms with Crippen molar-refractivity contribution in [2.24, 2.45) is 0 Å². The van der Waals surface area contributed by atoms with Crippen LogP contribution in [0, 0.1) is 0 Å². The van der Waals surface area contributed by atoms with Crippen molar-refractivity contribution in [3.8, 4) is 0 Å². The summed E-state index contributed by atoms with van der Waals surface area (Å²) in [7, 11) is 0. The minimum atomic E-state index is -0.762. The Hall–Kier alpha value is -0.280. The van der Waals surface area contributed by atoms with E-state index in [-0.39, 0.29) is 24.9 Å². The number of rotatable bonds is 2. The van der Waals surface area contributed by atoms with Crippen LogP contribution < -0.4 is 0 Å². The molecule has 0 aromatic heterocycles. The molecule has 0 bridgehead atoms. The molecule has 60 valence electrons. The molecule has 1 aliphatic rings. The van der Waals surface area contributed by atoms with Gasteiger partial charge in [-0.05, 0) is 12.8 Å². The van der Waals surface area contributed by atoms with Crippen molar-refractivity contribution in [2.45, 2.75) is 25.4 Å². The van der Waals surface area contributed by atoms with E-state index in [2.05, 4.69) is 0 Å². The highest BCUT2D eigenvalue weighted by Crippen LogP contribution is 2.14. The lowest BCUT2D eigenvalue weighted by Gasteiger charge is -2.02. The van der Waals surface area contributed by atoms with Gasteiger partial charge in [-0.25, -0.2) is 0 Å².